The number of aliphatic carboxylic acids is 1. The molecule has 5 nitrogen and oxygen atoms in total. The van der Waals surface area contributed by atoms with Crippen LogP contribution >= 0.6 is 0 Å². The van der Waals surface area contributed by atoms with E-state index in [4.69, 9.17) is 9.84 Å². The van der Waals surface area contributed by atoms with Crippen molar-refractivity contribution in [3.05, 3.63) is 0 Å². The van der Waals surface area contributed by atoms with Crippen LogP contribution in [0.15, 0.2) is 0 Å². The van der Waals surface area contributed by atoms with Crippen molar-refractivity contribution >= 4 is 11.9 Å². The van der Waals surface area contributed by atoms with E-state index in [9.17, 15) is 9.59 Å². The molecule has 0 spiro atoms. The third-order valence-corrected chi connectivity index (χ3v) is 3.70. The van der Waals surface area contributed by atoms with Gasteiger partial charge in [-0.05, 0) is 31.6 Å². The average molecular weight is 241 g/mol. The van der Waals surface area contributed by atoms with Gasteiger partial charge in [0.05, 0.1) is 6.10 Å². The van der Waals surface area contributed by atoms with Crippen molar-refractivity contribution in [3.8, 4) is 0 Å². The molecule has 3 unspecified atom stereocenters. The summed E-state index contributed by atoms with van der Waals surface area (Å²) in [4.78, 5) is 23.9. The summed E-state index contributed by atoms with van der Waals surface area (Å²) in [5.74, 6) is -0.773. The number of hydrogen-bond donors (Lipinski definition) is 1. The van der Waals surface area contributed by atoms with E-state index in [1.807, 2.05) is 0 Å². The topological polar surface area (TPSA) is 66.8 Å². The summed E-state index contributed by atoms with van der Waals surface area (Å²) >= 11 is 0. The molecular formula is C12H19NO4. The maximum absolute atomic E-state index is 11.4. The van der Waals surface area contributed by atoms with Gasteiger partial charge in [-0.25, -0.2) is 4.79 Å². The highest BCUT2D eigenvalue weighted by atomic mass is 16.5. The van der Waals surface area contributed by atoms with Crippen LogP contribution in [0.25, 0.3) is 0 Å². The van der Waals surface area contributed by atoms with E-state index in [0.717, 1.165) is 25.9 Å². The molecule has 17 heavy (non-hydrogen) atoms. The van der Waals surface area contributed by atoms with Crippen LogP contribution in [0.4, 0.5) is 0 Å². The number of rotatable bonds is 3. The van der Waals surface area contributed by atoms with Gasteiger partial charge in [0.1, 0.15) is 6.04 Å². The number of ether oxygens (including phenoxy) is 1. The molecule has 2 heterocycles. The SMILES string of the molecule is CC(=O)N1CC(CC2CCCO2)CC1C(=O)O. The van der Waals surface area contributed by atoms with Crippen LogP contribution in [-0.4, -0.2) is 47.2 Å². The second kappa shape index (κ2) is 5.04. The summed E-state index contributed by atoms with van der Waals surface area (Å²) < 4.78 is 5.56. The van der Waals surface area contributed by atoms with Crippen molar-refractivity contribution in [1.29, 1.82) is 0 Å². The maximum atomic E-state index is 11.4. The van der Waals surface area contributed by atoms with E-state index in [2.05, 4.69) is 0 Å². The fourth-order valence-electron chi connectivity index (χ4n) is 2.88. The Morgan fingerprint density at radius 2 is 2.24 bits per heavy atom. The monoisotopic (exact) mass is 241 g/mol. The number of carboxylic acid groups (broad SMARTS) is 1. The fraction of sp³-hybridized carbons (Fsp3) is 0.833. The van der Waals surface area contributed by atoms with Crippen molar-refractivity contribution in [1.82, 2.24) is 4.90 Å². The van der Waals surface area contributed by atoms with Crippen molar-refractivity contribution in [2.45, 2.75) is 44.8 Å². The molecule has 1 amide bonds. The minimum atomic E-state index is -0.893. The quantitative estimate of drug-likeness (QED) is 0.796. The highest BCUT2D eigenvalue weighted by Crippen LogP contribution is 2.30. The molecule has 2 fully saturated rings. The third kappa shape index (κ3) is 2.77. The Hall–Kier alpha value is -1.10. The zero-order valence-electron chi connectivity index (χ0n) is 10.1. The Kier molecular flexibility index (Phi) is 3.66. The number of carbonyl (C=O) groups is 2. The van der Waals surface area contributed by atoms with Gasteiger partial charge in [-0.3, -0.25) is 4.79 Å². The Balaban J connectivity index is 1.93. The maximum Gasteiger partial charge on any atom is 0.326 e. The van der Waals surface area contributed by atoms with Gasteiger partial charge in [0.25, 0.3) is 0 Å². The molecule has 2 aliphatic rings. The van der Waals surface area contributed by atoms with Crippen LogP contribution in [0.1, 0.15) is 32.6 Å². The van der Waals surface area contributed by atoms with Crippen molar-refractivity contribution in [2.75, 3.05) is 13.2 Å². The second-order valence-electron chi connectivity index (χ2n) is 5.00. The summed E-state index contributed by atoms with van der Waals surface area (Å²) in [6.45, 7) is 2.81. The summed E-state index contributed by atoms with van der Waals surface area (Å²) in [6.07, 6.45) is 3.87. The van der Waals surface area contributed by atoms with Gasteiger partial charge < -0.3 is 14.7 Å². The van der Waals surface area contributed by atoms with E-state index < -0.39 is 12.0 Å². The minimum Gasteiger partial charge on any atom is -0.480 e. The van der Waals surface area contributed by atoms with Gasteiger partial charge in [0.2, 0.25) is 5.91 Å². The highest BCUT2D eigenvalue weighted by molar-refractivity contribution is 5.82. The third-order valence-electron chi connectivity index (χ3n) is 3.70. The van der Waals surface area contributed by atoms with E-state index in [-0.39, 0.29) is 17.9 Å². The molecule has 1 N–H and O–H groups in total. The fourth-order valence-corrected chi connectivity index (χ4v) is 2.88. The Bertz CT molecular complexity index is 290. The summed E-state index contributed by atoms with van der Waals surface area (Å²) in [7, 11) is 0. The molecule has 0 aliphatic carbocycles. The predicted molar refractivity (Wildman–Crippen MR) is 60.5 cm³/mol. The van der Waals surface area contributed by atoms with Crippen molar-refractivity contribution < 1.29 is 19.4 Å². The molecule has 0 bridgehead atoms. The first-order valence-electron chi connectivity index (χ1n) is 6.19. The van der Waals surface area contributed by atoms with E-state index >= 15 is 0 Å². The second-order valence-corrected chi connectivity index (χ2v) is 5.00. The Labute approximate surface area is 101 Å². The van der Waals surface area contributed by atoms with Crippen LogP contribution < -0.4 is 0 Å². The van der Waals surface area contributed by atoms with E-state index in [1.54, 1.807) is 0 Å². The number of carbonyl (C=O) groups excluding carboxylic acids is 1. The van der Waals surface area contributed by atoms with Crippen LogP contribution in [0.2, 0.25) is 0 Å². The molecule has 0 aromatic rings. The van der Waals surface area contributed by atoms with Crippen LogP contribution in [-0.2, 0) is 14.3 Å². The molecule has 2 saturated heterocycles. The van der Waals surface area contributed by atoms with Crippen LogP contribution in [0, 0.1) is 5.92 Å². The van der Waals surface area contributed by atoms with Gasteiger partial charge in [-0.2, -0.15) is 0 Å². The lowest BCUT2D eigenvalue weighted by atomic mass is 9.97. The number of nitrogens with zero attached hydrogens (tertiary/aromatic N) is 1. The first-order chi connectivity index (χ1) is 8.08. The standard InChI is InChI=1S/C12H19NO4/c1-8(14)13-7-9(6-11(13)12(15)16)5-10-3-2-4-17-10/h9-11H,2-7H2,1H3,(H,15,16). The molecule has 2 aliphatic heterocycles. The number of hydrogen-bond acceptors (Lipinski definition) is 3. The number of likely N-dealkylation sites (tertiary alicyclic amines) is 1. The molecule has 0 aromatic carbocycles. The van der Waals surface area contributed by atoms with Crippen molar-refractivity contribution in [2.24, 2.45) is 5.92 Å². The summed E-state index contributed by atoms with van der Waals surface area (Å²) in [5.41, 5.74) is 0. The van der Waals surface area contributed by atoms with Gasteiger partial charge in [-0.15, -0.1) is 0 Å². The minimum absolute atomic E-state index is 0.146. The lowest BCUT2D eigenvalue weighted by Gasteiger charge is -2.19. The largest absolute Gasteiger partial charge is 0.480 e. The van der Waals surface area contributed by atoms with Gasteiger partial charge in [-0.1, -0.05) is 0 Å². The zero-order chi connectivity index (χ0) is 12.4. The zero-order valence-corrected chi connectivity index (χ0v) is 10.1. The molecule has 0 aromatic heterocycles. The Morgan fingerprint density at radius 1 is 1.47 bits per heavy atom. The molecule has 2 rings (SSSR count). The molecule has 96 valence electrons. The first-order valence-corrected chi connectivity index (χ1v) is 6.19. The van der Waals surface area contributed by atoms with Crippen molar-refractivity contribution in [3.63, 3.8) is 0 Å². The van der Waals surface area contributed by atoms with Gasteiger partial charge in [0, 0.05) is 20.1 Å². The summed E-state index contributed by atoms with van der Waals surface area (Å²) in [5, 5.41) is 9.09. The molecule has 3 atom stereocenters. The van der Waals surface area contributed by atoms with Crippen LogP contribution in [0.5, 0.6) is 0 Å². The normalized spacial score (nSPS) is 33.0. The van der Waals surface area contributed by atoms with Gasteiger partial charge >= 0.3 is 5.97 Å². The first kappa shape index (κ1) is 12.4. The van der Waals surface area contributed by atoms with Crippen LogP contribution in [0.3, 0.4) is 0 Å². The predicted octanol–water partition coefficient (Wildman–Crippen LogP) is 0.877. The smallest absolute Gasteiger partial charge is 0.326 e. The Morgan fingerprint density at radius 3 is 2.71 bits per heavy atom. The number of amides is 1. The lowest BCUT2D eigenvalue weighted by Crippen LogP contribution is -2.39. The molecule has 0 radical (unpaired) electrons. The van der Waals surface area contributed by atoms with E-state index in [1.165, 1.54) is 11.8 Å². The number of carboxylic acids is 1. The van der Waals surface area contributed by atoms with E-state index in [0.29, 0.717) is 13.0 Å². The lowest BCUT2D eigenvalue weighted by molar-refractivity contribution is -0.147. The average Bonchev–Trinajstić information content (AvgIpc) is 2.86. The van der Waals surface area contributed by atoms with Gasteiger partial charge in [0.15, 0.2) is 0 Å². The summed E-state index contributed by atoms with van der Waals surface area (Å²) in [6, 6.07) is -0.640. The molecule has 0 saturated carbocycles. The highest BCUT2D eigenvalue weighted by Gasteiger charge is 2.39. The molecular weight excluding hydrogens is 222 g/mol. The molecule has 5 heteroatoms.